The van der Waals surface area contributed by atoms with E-state index in [1.807, 2.05) is 0 Å². The van der Waals surface area contributed by atoms with E-state index in [2.05, 4.69) is 10.3 Å². The van der Waals surface area contributed by atoms with Crippen LogP contribution in [0.25, 0.3) is 0 Å². The molecule has 1 fully saturated rings. The van der Waals surface area contributed by atoms with Gasteiger partial charge in [0.25, 0.3) is 5.91 Å². The van der Waals surface area contributed by atoms with Crippen LogP contribution >= 0.6 is 0 Å². The fourth-order valence-electron chi connectivity index (χ4n) is 1.83. The molecule has 17 heavy (non-hydrogen) atoms. The summed E-state index contributed by atoms with van der Waals surface area (Å²) in [6.07, 6.45) is 3.98. The molecular weight excluding hydrogens is 220 g/mol. The predicted octanol–water partition coefficient (Wildman–Crippen LogP) is 0.862. The zero-order valence-electron chi connectivity index (χ0n) is 9.75. The summed E-state index contributed by atoms with van der Waals surface area (Å²) in [5, 5.41) is 12.5. The summed E-state index contributed by atoms with van der Waals surface area (Å²) in [6.45, 7) is 1.71. The molecule has 5 nitrogen and oxygen atoms in total. The van der Waals surface area contributed by atoms with Gasteiger partial charge in [0.05, 0.1) is 5.60 Å². The molecule has 1 aliphatic carbocycles. The first kappa shape index (κ1) is 11.9. The van der Waals surface area contributed by atoms with Crippen LogP contribution in [0.5, 0.6) is 0 Å². The minimum atomic E-state index is -0.730. The van der Waals surface area contributed by atoms with Crippen LogP contribution in [-0.2, 0) is 0 Å². The molecule has 1 amide bonds. The van der Waals surface area contributed by atoms with Gasteiger partial charge in [-0.1, -0.05) is 0 Å². The number of H-pyrrole nitrogens is 1. The van der Waals surface area contributed by atoms with Crippen LogP contribution in [0.1, 0.15) is 47.0 Å². The summed E-state index contributed by atoms with van der Waals surface area (Å²) in [4.78, 5) is 25.5. The molecule has 1 aromatic heterocycles. The molecule has 0 unspecified atom stereocenters. The van der Waals surface area contributed by atoms with Gasteiger partial charge in [-0.15, -0.1) is 0 Å². The molecule has 1 aromatic rings. The number of aromatic nitrogens is 1. The average molecular weight is 236 g/mol. The second-order valence-corrected chi connectivity index (χ2v) is 4.62. The summed E-state index contributed by atoms with van der Waals surface area (Å²) >= 11 is 0. The van der Waals surface area contributed by atoms with E-state index in [1.165, 1.54) is 19.2 Å². The molecule has 0 aliphatic heterocycles. The van der Waals surface area contributed by atoms with Gasteiger partial charge in [-0.2, -0.15) is 0 Å². The van der Waals surface area contributed by atoms with Crippen molar-refractivity contribution in [2.45, 2.75) is 31.8 Å². The lowest BCUT2D eigenvalue weighted by Gasteiger charge is -2.36. The van der Waals surface area contributed by atoms with Gasteiger partial charge in [-0.25, -0.2) is 0 Å². The first-order chi connectivity index (χ1) is 8.00. The maximum Gasteiger partial charge on any atom is 0.267 e. The number of aliphatic hydroxyl groups is 1. The molecule has 0 radical (unpaired) electrons. The highest BCUT2D eigenvalue weighted by Gasteiger charge is 2.34. The third kappa shape index (κ3) is 2.55. The van der Waals surface area contributed by atoms with Crippen molar-refractivity contribution in [1.82, 2.24) is 10.3 Å². The molecular formula is C12H16N2O3. The Bertz CT molecular complexity index is 446. The van der Waals surface area contributed by atoms with Crippen molar-refractivity contribution in [2.75, 3.05) is 6.54 Å². The summed E-state index contributed by atoms with van der Waals surface area (Å²) in [7, 11) is 0. The molecule has 1 heterocycles. The van der Waals surface area contributed by atoms with Gasteiger partial charge in [-0.05, 0) is 32.3 Å². The van der Waals surface area contributed by atoms with Crippen LogP contribution in [0.15, 0.2) is 12.3 Å². The number of Topliss-reactive ketones (excluding diaryl/α,β-unsaturated/α-hetero) is 1. The summed E-state index contributed by atoms with van der Waals surface area (Å²) in [5.74, 6) is -0.379. The lowest BCUT2D eigenvalue weighted by Crippen LogP contribution is -2.47. The van der Waals surface area contributed by atoms with Gasteiger partial charge >= 0.3 is 0 Å². The Morgan fingerprint density at radius 2 is 2.24 bits per heavy atom. The quantitative estimate of drug-likeness (QED) is 0.678. The molecule has 0 spiro atoms. The molecule has 92 valence electrons. The predicted molar refractivity (Wildman–Crippen MR) is 61.9 cm³/mol. The lowest BCUT2D eigenvalue weighted by atomic mass is 9.80. The molecule has 0 saturated heterocycles. The van der Waals surface area contributed by atoms with E-state index in [4.69, 9.17) is 0 Å². The topological polar surface area (TPSA) is 82.2 Å². The van der Waals surface area contributed by atoms with Gasteiger partial charge < -0.3 is 15.4 Å². The largest absolute Gasteiger partial charge is 0.388 e. The number of hydrogen-bond acceptors (Lipinski definition) is 3. The van der Waals surface area contributed by atoms with E-state index < -0.39 is 5.60 Å². The molecule has 0 atom stereocenters. The maximum atomic E-state index is 11.7. The summed E-state index contributed by atoms with van der Waals surface area (Å²) in [5.41, 5.74) is 0.0988. The van der Waals surface area contributed by atoms with Gasteiger partial charge in [0, 0.05) is 18.3 Å². The fourth-order valence-corrected chi connectivity index (χ4v) is 1.83. The van der Waals surface area contributed by atoms with Crippen LogP contribution in [0.2, 0.25) is 0 Å². The summed E-state index contributed by atoms with van der Waals surface area (Å²) in [6, 6.07) is 1.52. The number of carbonyl (C=O) groups excluding carboxylic acids is 2. The van der Waals surface area contributed by atoms with Crippen molar-refractivity contribution in [2.24, 2.45) is 0 Å². The summed E-state index contributed by atoms with van der Waals surface area (Å²) < 4.78 is 0. The number of amides is 1. The van der Waals surface area contributed by atoms with Gasteiger partial charge in [0.2, 0.25) is 0 Å². The van der Waals surface area contributed by atoms with Crippen molar-refractivity contribution in [3.8, 4) is 0 Å². The van der Waals surface area contributed by atoms with Crippen LogP contribution < -0.4 is 5.32 Å². The third-order valence-electron chi connectivity index (χ3n) is 3.20. The van der Waals surface area contributed by atoms with Crippen LogP contribution in [0.4, 0.5) is 0 Å². The Kier molecular flexibility index (Phi) is 3.02. The van der Waals surface area contributed by atoms with E-state index in [0.29, 0.717) is 11.3 Å². The molecule has 3 N–H and O–H groups in total. The van der Waals surface area contributed by atoms with Crippen molar-refractivity contribution in [3.63, 3.8) is 0 Å². The SMILES string of the molecule is CC(=O)c1c[nH]c(C(=O)NCC2(O)CCC2)c1. The van der Waals surface area contributed by atoms with Crippen molar-refractivity contribution < 1.29 is 14.7 Å². The number of carbonyl (C=O) groups is 2. The van der Waals surface area contributed by atoms with Gasteiger partial charge in [0.15, 0.2) is 5.78 Å². The molecule has 1 aliphatic rings. The Balaban J connectivity index is 1.92. The Morgan fingerprint density at radius 1 is 1.53 bits per heavy atom. The smallest absolute Gasteiger partial charge is 0.267 e. The number of aromatic amines is 1. The van der Waals surface area contributed by atoms with Crippen LogP contribution in [-0.4, -0.2) is 33.9 Å². The zero-order valence-corrected chi connectivity index (χ0v) is 9.75. The van der Waals surface area contributed by atoms with Crippen LogP contribution in [0.3, 0.4) is 0 Å². The molecule has 0 aromatic carbocycles. The second kappa shape index (κ2) is 4.33. The highest BCUT2D eigenvalue weighted by Crippen LogP contribution is 2.30. The molecule has 1 saturated carbocycles. The molecule has 2 rings (SSSR count). The highest BCUT2D eigenvalue weighted by atomic mass is 16.3. The minimum absolute atomic E-state index is 0.0853. The van der Waals surface area contributed by atoms with E-state index in [9.17, 15) is 14.7 Å². The van der Waals surface area contributed by atoms with Crippen LogP contribution in [0, 0.1) is 0 Å². The fraction of sp³-hybridized carbons (Fsp3) is 0.500. The number of rotatable bonds is 4. The Morgan fingerprint density at radius 3 is 2.71 bits per heavy atom. The monoisotopic (exact) mass is 236 g/mol. The van der Waals surface area contributed by atoms with E-state index in [-0.39, 0.29) is 18.2 Å². The Labute approximate surface area is 99.2 Å². The number of nitrogens with one attached hydrogen (secondary N) is 2. The second-order valence-electron chi connectivity index (χ2n) is 4.62. The maximum absolute atomic E-state index is 11.7. The highest BCUT2D eigenvalue weighted by molar-refractivity contribution is 5.99. The first-order valence-corrected chi connectivity index (χ1v) is 5.70. The average Bonchev–Trinajstić information content (AvgIpc) is 2.72. The minimum Gasteiger partial charge on any atom is -0.388 e. The van der Waals surface area contributed by atoms with Crippen molar-refractivity contribution in [1.29, 1.82) is 0 Å². The lowest BCUT2D eigenvalue weighted by molar-refractivity contribution is -0.0300. The molecule has 5 heteroatoms. The number of ketones is 1. The van der Waals surface area contributed by atoms with E-state index in [1.54, 1.807) is 0 Å². The van der Waals surface area contributed by atoms with E-state index >= 15 is 0 Å². The standard InChI is InChI=1S/C12H16N2O3/c1-8(15)9-5-10(13-6-9)11(16)14-7-12(17)3-2-4-12/h5-6,13,17H,2-4,7H2,1H3,(H,14,16). The Hall–Kier alpha value is -1.62. The zero-order chi connectivity index (χ0) is 12.5. The third-order valence-corrected chi connectivity index (χ3v) is 3.20. The van der Waals surface area contributed by atoms with E-state index in [0.717, 1.165) is 19.3 Å². The first-order valence-electron chi connectivity index (χ1n) is 5.70. The van der Waals surface area contributed by atoms with Gasteiger partial charge in [-0.3, -0.25) is 9.59 Å². The normalized spacial score (nSPS) is 17.3. The molecule has 0 bridgehead atoms. The number of hydrogen-bond donors (Lipinski definition) is 3. The van der Waals surface area contributed by atoms with Crippen molar-refractivity contribution in [3.05, 3.63) is 23.5 Å². The van der Waals surface area contributed by atoms with Crippen molar-refractivity contribution >= 4 is 11.7 Å². The van der Waals surface area contributed by atoms with Gasteiger partial charge in [0.1, 0.15) is 5.69 Å².